The molecule has 1 N–H and O–H groups in total. The second-order valence-electron chi connectivity index (χ2n) is 6.26. The van der Waals surface area contributed by atoms with Crippen molar-refractivity contribution < 1.29 is 13.0 Å². The van der Waals surface area contributed by atoms with Gasteiger partial charge in [-0.2, -0.15) is 8.42 Å². The topological polar surface area (TPSA) is 83.4 Å². The van der Waals surface area contributed by atoms with E-state index in [1.165, 1.54) is 0 Å². The van der Waals surface area contributed by atoms with Crippen molar-refractivity contribution in [2.75, 3.05) is 23.7 Å². The largest absolute Gasteiger partial charge is 0.340 e. The van der Waals surface area contributed by atoms with Crippen LogP contribution in [0.15, 0.2) is 12.4 Å². The molecule has 7 heteroatoms. The summed E-state index contributed by atoms with van der Waals surface area (Å²) >= 11 is 0. The Morgan fingerprint density at radius 3 is 2.29 bits per heavy atom. The van der Waals surface area contributed by atoms with Crippen molar-refractivity contribution in [2.45, 2.75) is 26.2 Å². The second kappa shape index (κ2) is 5.53. The highest BCUT2D eigenvalue weighted by Gasteiger charge is 2.42. The number of aryl methyl sites for hydroxylation is 1. The van der Waals surface area contributed by atoms with Crippen LogP contribution in [0, 0.1) is 17.8 Å². The molecule has 1 aliphatic heterocycles. The van der Waals surface area contributed by atoms with Gasteiger partial charge in [-0.3, -0.25) is 4.55 Å². The minimum absolute atomic E-state index is 0.0955. The van der Waals surface area contributed by atoms with E-state index in [9.17, 15) is 8.42 Å². The van der Waals surface area contributed by atoms with Gasteiger partial charge in [-0.1, -0.05) is 6.92 Å². The number of nitrogens with zero attached hydrogens (tertiary/aromatic N) is 3. The molecule has 0 amide bonds. The van der Waals surface area contributed by atoms with Gasteiger partial charge in [0.15, 0.2) is 0 Å². The van der Waals surface area contributed by atoms with Crippen molar-refractivity contribution in [1.29, 1.82) is 0 Å². The normalized spacial score (nSPS) is 28.9. The van der Waals surface area contributed by atoms with Crippen molar-refractivity contribution in [2.24, 2.45) is 17.8 Å². The Kier molecular flexibility index (Phi) is 3.88. The molecule has 3 atom stereocenters. The van der Waals surface area contributed by atoms with Crippen molar-refractivity contribution in [1.82, 2.24) is 9.97 Å². The van der Waals surface area contributed by atoms with Crippen LogP contribution in [0.2, 0.25) is 0 Å². The maximum atomic E-state index is 11.0. The summed E-state index contributed by atoms with van der Waals surface area (Å²) in [5.74, 6) is 1.76. The highest BCUT2D eigenvalue weighted by Crippen LogP contribution is 2.42. The number of anilines is 1. The molecule has 21 heavy (non-hydrogen) atoms. The summed E-state index contributed by atoms with van der Waals surface area (Å²) in [7, 11) is -3.85. The molecule has 0 bridgehead atoms. The van der Waals surface area contributed by atoms with Gasteiger partial charge in [-0.15, -0.1) is 0 Å². The molecular weight excluding hydrogens is 290 g/mol. The predicted molar refractivity (Wildman–Crippen MR) is 79.7 cm³/mol. The third-order valence-corrected chi connectivity index (χ3v) is 5.57. The molecule has 1 unspecified atom stereocenters. The van der Waals surface area contributed by atoms with E-state index in [2.05, 4.69) is 21.8 Å². The number of rotatable bonds is 4. The maximum Gasteiger partial charge on any atom is 0.265 e. The minimum atomic E-state index is -3.85. The Balaban J connectivity index is 1.61. The summed E-state index contributed by atoms with van der Waals surface area (Å²) in [4.78, 5) is 11.0. The summed E-state index contributed by atoms with van der Waals surface area (Å²) in [6, 6.07) is 0. The van der Waals surface area contributed by atoms with Gasteiger partial charge in [0.1, 0.15) is 0 Å². The van der Waals surface area contributed by atoms with E-state index in [4.69, 9.17) is 4.55 Å². The van der Waals surface area contributed by atoms with Gasteiger partial charge in [0.05, 0.1) is 5.75 Å². The highest BCUT2D eigenvalue weighted by atomic mass is 32.2. The molecule has 116 valence electrons. The standard InChI is InChI=1S/C14H21N3O3S/c1-2-10-5-15-14(16-6-10)17-7-12-3-11(4-13(12)8-17)9-21(18,19)20/h5-6,11-13H,2-4,7-9H2,1H3,(H,18,19,20)/t11?,12-,13+. The molecule has 1 saturated heterocycles. The summed E-state index contributed by atoms with van der Waals surface area (Å²) < 4.78 is 30.9. The van der Waals surface area contributed by atoms with Crippen LogP contribution < -0.4 is 4.90 Å². The summed E-state index contributed by atoms with van der Waals surface area (Å²) in [5, 5.41) is 0. The zero-order valence-electron chi connectivity index (χ0n) is 12.1. The maximum absolute atomic E-state index is 11.0. The van der Waals surface area contributed by atoms with E-state index in [0.29, 0.717) is 11.8 Å². The van der Waals surface area contributed by atoms with Gasteiger partial charge in [-0.05, 0) is 42.6 Å². The van der Waals surface area contributed by atoms with Gasteiger partial charge < -0.3 is 4.90 Å². The molecule has 1 aromatic rings. The minimum Gasteiger partial charge on any atom is -0.340 e. The molecule has 1 saturated carbocycles. The first-order valence-electron chi connectivity index (χ1n) is 7.45. The van der Waals surface area contributed by atoms with Crippen LogP contribution in [-0.2, 0) is 16.5 Å². The van der Waals surface area contributed by atoms with E-state index in [1.807, 2.05) is 12.4 Å². The first kappa shape index (κ1) is 14.7. The second-order valence-corrected chi connectivity index (χ2v) is 7.75. The Labute approximate surface area is 125 Å². The molecule has 0 radical (unpaired) electrons. The van der Waals surface area contributed by atoms with Gasteiger partial charge in [0, 0.05) is 25.5 Å². The van der Waals surface area contributed by atoms with Crippen LogP contribution >= 0.6 is 0 Å². The van der Waals surface area contributed by atoms with Crippen LogP contribution in [0.3, 0.4) is 0 Å². The fourth-order valence-corrected chi connectivity index (χ4v) is 4.58. The number of fused-ring (bicyclic) bond motifs is 1. The van der Waals surface area contributed by atoms with Crippen molar-refractivity contribution in [3.63, 3.8) is 0 Å². The average molecular weight is 311 g/mol. The Morgan fingerprint density at radius 2 is 1.81 bits per heavy atom. The molecule has 2 fully saturated rings. The molecule has 1 aliphatic carbocycles. The van der Waals surface area contributed by atoms with E-state index in [-0.39, 0.29) is 11.7 Å². The van der Waals surface area contributed by atoms with Gasteiger partial charge >= 0.3 is 0 Å². The van der Waals surface area contributed by atoms with Crippen molar-refractivity contribution >= 4 is 16.1 Å². The first-order valence-corrected chi connectivity index (χ1v) is 9.06. The third-order valence-electron chi connectivity index (χ3n) is 4.68. The zero-order valence-corrected chi connectivity index (χ0v) is 13.0. The fraction of sp³-hybridized carbons (Fsp3) is 0.714. The fourth-order valence-electron chi connectivity index (χ4n) is 3.72. The molecule has 2 aliphatic rings. The lowest BCUT2D eigenvalue weighted by atomic mass is 10.0. The monoisotopic (exact) mass is 311 g/mol. The van der Waals surface area contributed by atoms with Crippen LogP contribution in [0.5, 0.6) is 0 Å². The van der Waals surface area contributed by atoms with Crippen LogP contribution in [0.25, 0.3) is 0 Å². The van der Waals surface area contributed by atoms with Gasteiger partial charge in [0.25, 0.3) is 10.1 Å². The Bertz CT molecular complexity index is 588. The van der Waals surface area contributed by atoms with Crippen molar-refractivity contribution in [3.05, 3.63) is 18.0 Å². The Morgan fingerprint density at radius 1 is 1.24 bits per heavy atom. The van der Waals surface area contributed by atoms with Crippen LogP contribution in [-0.4, -0.2) is 41.8 Å². The lowest BCUT2D eigenvalue weighted by Gasteiger charge is -2.18. The van der Waals surface area contributed by atoms with E-state index in [1.54, 1.807) is 0 Å². The molecule has 0 spiro atoms. The molecule has 0 aromatic carbocycles. The van der Waals surface area contributed by atoms with E-state index >= 15 is 0 Å². The lowest BCUT2D eigenvalue weighted by Crippen LogP contribution is -2.24. The number of hydrogen-bond donors (Lipinski definition) is 1. The molecule has 1 aromatic heterocycles. The highest BCUT2D eigenvalue weighted by molar-refractivity contribution is 7.85. The number of aromatic nitrogens is 2. The lowest BCUT2D eigenvalue weighted by molar-refractivity contribution is 0.457. The molecule has 6 nitrogen and oxygen atoms in total. The summed E-state index contributed by atoms with van der Waals surface area (Å²) in [5.41, 5.74) is 1.13. The zero-order chi connectivity index (χ0) is 15.0. The quantitative estimate of drug-likeness (QED) is 0.846. The van der Waals surface area contributed by atoms with Gasteiger partial charge in [-0.25, -0.2) is 9.97 Å². The molecular formula is C14H21N3O3S. The molecule has 2 heterocycles. The predicted octanol–water partition coefficient (Wildman–Crippen LogP) is 1.39. The van der Waals surface area contributed by atoms with Crippen LogP contribution in [0.4, 0.5) is 5.95 Å². The summed E-state index contributed by atoms with van der Waals surface area (Å²) in [6.07, 6.45) is 6.42. The summed E-state index contributed by atoms with van der Waals surface area (Å²) in [6.45, 7) is 3.85. The number of hydrogen-bond acceptors (Lipinski definition) is 5. The first-order chi connectivity index (χ1) is 9.94. The van der Waals surface area contributed by atoms with E-state index in [0.717, 1.165) is 43.9 Å². The van der Waals surface area contributed by atoms with Crippen LogP contribution in [0.1, 0.15) is 25.3 Å². The van der Waals surface area contributed by atoms with E-state index < -0.39 is 10.1 Å². The third kappa shape index (κ3) is 3.35. The SMILES string of the molecule is CCc1cnc(N2C[C@H]3CC(CS(=O)(=O)O)C[C@H]3C2)nc1. The Hall–Kier alpha value is -1.21. The van der Waals surface area contributed by atoms with Crippen molar-refractivity contribution in [3.8, 4) is 0 Å². The smallest absolute Gasteiger partial charge is 0.265 e. The average Bonchev–Trinajstić information content (AvgIpc) is 2.94. The molecule has 3 rings (SSSR count). The van der Waals surface area contributed by atoms with Gasteiger partial charge in [0.2, 0.25) is 5.95 Å².